The van der Waals surface area contributed by atoms with Crippen LogP contribution >= 0.6 is 0 Å². The average molecular weight is 1640 g/mol. The number of hydrogen-bond donors (Lipinski definition) is 4. The number of aromatic nitrogens is 16. The highest BCUT2D eigenvalue weighted by Crippen LogP contribution is 2.33. The lowest BCUT2D eigenvalue weighted by Crippen LogP contribution is -2.30. The molecule has 0 fully saturated rings. The molecule has 24 nitrogen and oxygen atoms in total. The van der Waals surface area contributed by atoms with Gasteiger partial charge in [0.1, 0.15) is 0 Å². The third-order valence-corrected chi connectivity index (χ3v) is 22.2. The molecule has 4 N–H and O–H groups in total. The van der Waals surface area contributed by atoms with E-state index in [-0.39, 0.29) is 28.2 Å². The van der Waals surface area contributed by atoms with Crippen molar-refractivity contribution in [2.45, 2.75) is 172 Å². The first-order chi connectivity index (χ1) is 59.0. The zero-order valence-electron chi connectivity index (χ0n) is 71.6. The van der Waals surface area contributed by atoms with Gasteiger partial charge in [-0.3, -0.25) is 39.1 Å². The second-order valence-electron chi connectivity index (χ2n) is 34.0. The SMILES string of the molecule is Cc1cc2nc3c(=O)[nH]c(=O)nc-3n(CC(Cc3ccccc3)CC(C)C)c2cc1C.Cc1ccc(CCCn2c3nc(=O)[nH]c(=O)c-3nc3cc(-c4ccccc4)ccc32)cc1.Cc1ccc(CCCn2c3nc(=O)[nH]c(=O)c-3nc3cc(C(C)(C)C)ccc32)cc1.Cc1ccc(CCCn2c3nc(=O)[nH]c(=O)c-3nc3cc(CC(C)C)ccc32)cc1. The van der Waals surface area contributed by atoms with E-state index in [0.29, 0.717) is 72.7 Å². The number of nitrogens with one attached hydrogen (secondary N) is 4. The second kappa shape index (κ2) is 37.4. The smallest absolute Gasteiger partial charge is 0.322 e. The Morgan fingerprint density at radius 1 is 0.325 bits per heavy atom. The minimum Gasteiger partial charge on any atom is -0.322 e. The molecule has 9 aromatic carbocycles. The third kappa shape index (κ3) is 20.6. The van der Waals surface area contributed by atoms with Gasteiger partial charge in [-0.05, 0) is 220 Å². The lowest BCUT2D eigenvalue weighted by atomic mass is 9.87. The molecule has 626 valence electrons. The fraction of sp³-hybridized carbons (Fsp3) is 0.293. The van der Waals surface area contributed by atoms with Crippen LogP contribution in [-0.4, -0.2) is 78.1 Å². The first-order valence-electron chi connectivity index (χ1n) is 42.0. The van der Waals surface area contributed by atoms with E-state index in [1.807, 2.05) is 110 Å². The molecule has 0 amide bonds. The largest absolute Gasteiger partial charge is 0.349 e. The average Bonchev–Trinajstić information content (AvgIpc) is 0.771. The normalized spacial score (nSPS) is 11.9. The molecule has 0 aromatic heterocycles. The van der Waals surface area contributed by atoms with E-state index < -0.39 is 45.0 Å². The van der Waals surface area contributed by atoms with E-state index in [9.17, 15) is 38.4 Å². The zero-order chi connectivity index (χ0) is 86.9. The zero-order valence-corrected chi connectivity index (χ0v) is 71.6. The van der Waals surface area contributed by atoms with Crippen LogP contribution in [0.2, 0.25) is 0 Å². The molecule has 8 heterocycles. The summed E-state index contributed by atoms with van der Waals surface area (Å²) in [5.74, 6) is 2.72. The molecule has 123 heavy (non-hydrogen) atoms. The van der Waals surface area contributed by atoms with E-state index >= 15 is 0 Å². The van der Waals surface area contributed by atoms with Crippen LogP contribution in [-0.2, 0) is 63.7 Å². The number of nitrogens with zero attached hydrogens (tertiary/aromatic N) is 12. The summed E-state index contributed by atoms with van der Waals surface area (Å²) < 4.78 is 7.88. The predicted octanol–water partition coefficient (Wildman–Crippen LogP) is 15.8. The van der Waals surface area contributed by atoms with Crippen molar-refractivity contribution in [3.63, 3.8) is 0 Å². The topological polar surface area (TPSA) is 323 Å². The van der Waals surface area contributed by atoms with E-state index in [1.54, 1.807) is 0 Å². The van der Waals surface area contributed by atoms with Crippen molar-refractivity contribution in [2.24, 2.45) is 17.8 Å². The van der Waals surface area contributed by atoms with Gasteiger partial charge < -0.3 is 18.3 Å². The van der Waals surface area contributed by atoms with Crippen molar-refractivity contribution < 1.29 is 0 Å². The summed E-state index contributed by atoms with van der Waals surface area (Å²) in [6.45, 7) is 28.1. The fourth-order valence-electron chi connectivity index (χ4n) is 15.9. The van der Waals surface area contributed by atoms with Crippen molar-refractivity contribution in [2.75, 3.05) is 0 Å². The number of benzene rings is 9. The van der Waals surface area contributed by atoms with Crippen molar-refractivity contribution in [3.05, 3.63) is 345 Å². The molecule has 1 unspecified atom stereocenters. The van der Waals surface area contributed by atoms with E-state index in [4.69, 9.17) is 0 Å². The molecule has 0 radical (unpaired) electrons. The monoisotopic (exact) mass is 1640 g/mol. The van der Waals surface area contributed by atoms with Crippen LogP contribution < -0.4 is 45.0 Å². The maximum absolute atomic E-state index is 12.5. The Morgan fingerprint density at radius 2 is 0.691 bits per heavy atom. The Hall–Kier alpha value is -13.9. The summed E-state index contributed by atoms with van der Waals surface area (Å²) in [5, 5.41) is 0. The molecule has 1 atom stereocenters. The lowest BCUT2D eigenvalue weighted by molar-refractivity contribution is 0.363. The van der Waals surface area contributed by atoms with Gasteiger partial charge in [0.15, 0.2) is 46.1 Å². The molecular formula is C99H102N16O8. The summed E-state index contributed by atoms with van der Waals surface area (Å²) in [4.78, 5) is 141. The van der Waals surface area contributed by atoms with Crippen LogP contribution in [0.1, 0.15) is 135 Å². The Labute approximate surface area is 710 Å². The molecule has 17 rings (SSSR count). The van der Waals surface area contributed by atoms with Gasteiger partial charge in [-0.25, -0.2) is 39.1 Å². The molecule has 9 aromatic rings. The Balaban J connectivity index is 0.000000134. The van der Waals surface area contributed by atoms with E-state index in [0.717, 1.165) is 124 Å². The van der Waals surface area contributed by atoms with Crippen molar-refractivity contribution >= 4 is 44.1 Å². The highest BCUT2D eigenvalue weighted by molar-refractivity contribution is 5.86. The van der Waals surface area contributed by atoms with Gasteiger partial charge in [0, 0.05) is 26.2 Å². The number of fused-ring (bicyclic) bond motifs is 8. The summed E-state index contributed by atoms with van der Waals surface area (Å²) in [5.41, 5.74) is 18.0. The summed E-state index contributed by atoms with van der Waals surface area (Å²) >= 11 is 0. The predicted molar refractivity (Wildman–Crippen MR) is 488 cm³/mol. The third-order valence-electron chi connectivity index (χ3n) is 22.2. The Kier molecular flexibility index (Phi) is 26.0. The molecule has 0 bridgehead atoms. The molecule has 0 saturated carbocycles. The quantitative estimate of drug-likeness (QED) is 0.0486. The van der Waals surface area contributed by atoms with Crippen LogP contribution in [0.4, 0.5) is 0 Å². The van der Waals surface area contributed by atoms with Crippen molar-refractivity contribution in [1.29, 1.82) is 0 Å². The molecule has 8 aliphatic heterocycles. The van der Waals surface area contributed by atoms with Crippen LogP contribution in [0.3, 0.4) is 0 Å². The van der Waals surface area contributed by atoms with Gasteiger partial charge >= 0.3 is 22.8 Å². The number of aromatic amines is 4. The maximum atomic E-state index is 12.5. The van der Waals surface area contributed by atoms with Gasteiger partial charge in [-0.1, -0.05) is 217 Å². The first kappa shape index (κ1) is 85.5. The standard InChI is InChI=1S/C26H22N4O2.C25H28N4O2.2C24H26N4O2/c1-17-9-11-18(12-10-17)6-5-15-30-22-14-13-20(19-7-3-2-4-8-19)16-21(22)27-23-24(30)28-26(32)29-25(23)31;1-15(2)10-19(13-18-8-6-5-7-9-18)14-29-21-12-17(4)16(3)11-20(21)26-22-23(29)27-25(31)28-24(22)30;1-15-7-9-16(10-8-15)6-5-13-28-19-12-11-17(24(2,3)4)14-18(19)25-20-21(28)26-23(30)27-22(20)29;1-15(2)13-18-10-11-20-19(14-18)25-21-22(26-24(30)27-23(21)29)28(20)12-4-5-17-8-6-16(3)7-9-17/h2-4,7-14,16H,5-6,15H2,1H3,(H,29,31,32);5-9,11-12,15,19H,10,13-14H2,1-4H3,(H,28,30,31);7-12,14H,5-6,13H2,1-4H3,(H,27,29,30);6-11,14-15H,4-5,12-13H2,1-3H3,(H,27,29,30). The van der Waals surface area contributed by atoms with Crippen LogP contribution in [0.5, 0.6) is 0 Å². The molecule has 0 aliphatic carbocycles. The lowest BCUT2D eigenvalue weighted by Gasteiger charge is -2.24. The van der Waals surface area contributed by atoms with Crippen LogP contribution in [0.15, 0.2) is 239 Å². The highest BCUT2D eigenvalue weighted by Gasteiger charge is 2.27. The van der Waals surface area contributed by atoms with Gasteiger partial charge in [0.25, 0.3) is 22.2 Å². The maximum Gasteiger partial charge on any atom is 0.349 e. The van der Waals surface area contributed by atoms with E-state index in [1.165, 1.54) is 44.5 Å². The number of H-pyrrole nitrogens is 4. The molecule has 24 heteroatoms. The molecule has 8 aliphatic rings. The van der Waals surface area contributed by atoms with Gasteiger partial charge in [-0.15, -0.1) is 0 Å². The fourth-order valence-corrected chi connectivity index (χ4v) is 15.9. The summed E-state index contributed by atoms with van der Waals surface area (Å²) in [7, 11) is 0. The highest BCUT2D eigenvalue weighted by atomic mass is 16.2. The first-order valence-corrected chi connectivity index (χ1v) is 42.0. The summed E-state index contributed by atoms with van der Waals surface area (Å²) in [6.07, 6.45) is 8.10. The Morgan fingerprint density at radius 3 is 1.11 bits per heavy atom. The second-order valence-corrected chi connectivity index (χ2v) is 34.0. The van der Waals surface area contributed by atoms with Crippen LogP contribution in [0, 0.1) is 52.4 Å². The Bertz CT molecular complexity index is 7040. The summed E-state index contributed by atoms with van der Waals surface area (Å²) in [6, 6.07) is 68.3. The van der Waals surface area contributed by atoms with Gasteiger partial charge in [0.05, 0.1) is 44.1 Å². The number of hydrogen-bond acceptors (Lipinski definition) is 16. The molecule has 0 saturated heterocycles. The minimum atomic E-state index is -0.656. The minimum absolute atomic E-state index is 0.0371. The van der Waals surface area contributed by atoms with Gasteiger partial charge in [0.2, 0.25) is 0 Å². The van der Waals surface area contributed by atoms with Crippen molar-refractivity contribution in [3.8, 4) is 57.2 Å². The molecule has 0 spiro atoms. The van der Waals surface area contributed by atoms with Gasteiger partial charge in [-0.2, -0.15) is 19.9 Å². The van der Waals surface area contributed by atoms with E-state index in [2.05, 4.69) is 251 Å². The number of rotatable bonds is 21. The molecular weight excluding hydrogens is 1540 g/mol. The van der Waals surface area contributed by atoms with Crippen LogP contribution in [0.25, 0.3) is 101 Å². The van der Waals surface area contributed by atoms with Crippen molar-refractivity contribution in [1.82, 2.24) is 78.1 Å². The number of aryl methyl sites for hydroxylation is 11.